The SMILES string of the molecule is CN(C)c1cncc(-c2ccc3[nH]nc(-c4nc5c(-c6cccc(F)c6)cccc5[nH]4)c3n2)c1. The van der Waals surface area contributed by atoms with Gasteiger partial charge in [0.1, 0.15) is 11.3 Å². The van der Waals surface area contributed by atoms with E-state index in [2.05, 4.69) is 20.2 Å². The zero-order valence-corrected chi connectivity index (χ0v) is 18.5. The third-order valence-corrected chi connectivity index (χ3v) is 5.82. The first-order chi connectivity index (χ1) is 16.6. The molecule has 0 aliphatic rings. The summed E-state index contributed by atoms with van der Waals surface area (Å²) < 4.78 is 13.8. The number of pyridine rings is 2. The van der Waals surface area contributed by atoms with E-state index in [1.807, 2.05) is 67.7 Å². The van der Waals surface area contributed by atoms with Gasteiger partial charge in [-0.05, 0) is 42.0 Å². The highest BCUT2D eigenvalue weighted by Crippen LogP contribution is 2.32. The van der Waals surface area contributed by atoms with Gasteiger partial charge in [-0.2, -0.15) is 5.10 Å². The van der Waals surface area contributed by atoms with Gasteiger partial charge in [-0.1, -0.05) is 24.3 Å². The predicted octanol–water partition coefficient (Wildman–Crippen LogP) is 5.44. The summed E-state index contributed by atoms with van der Waals surface area (Å²) in [6.45, 7) is 0. The molecular formula is C26H20FN7. The van der Waals surface area contributed by atoms with Gasteiger partial charge in [-0.15, -0.1) is 0 Å². The zero-order valence-electron chi connectivity index (χ0n) is 18.5. The number of aromatic amines is 2. The Bertz CT molecular complexity index is 1670. The maximum absolute atomic E-state index is 13.8. The van der Waals surface area contributed by atoms with E-state index in [9.17, 15) is 4.39 Å². The minimum atomic E-state index is -0.284. The molecule has 34 heavy (non-hydrogen) atoms. The lowest BCUT2D eigenvalue weighted by Crippen LogP contribution is -2.08. The van der Waals surface area contributed by atoms with Gasteiger partial charge in [-0.3, -0.25) is 10.1 Å². The number of aromatic nitrogens is 6. The van der Waals surface area contributed by atoms with Gasteiger partial charge < -0.3 is 9.88 Å². The van der Waals surface area contributed by atoms with Gasteiger partial charge in [0.2, 0.25) is 0 Å². The Balaban J connectivity index is 1.48. The van der Waals surface area contributed by atoms with Crippen LogP contribution in [0.3, 0.4) is 0 Å². The average Bonchev–Trinajstić information content (AvgIpc) is 3.47. The molecule has 6 rings (SSSR count). The molecule has 0 aliphatic carbocycles. The molecule has 6 aromatic rings. The van der Waals surface area contributed by atoms with E-state index in [1.54, 1.807) is 12.3 Å². The minimum Gasteiger partial charge on any atom is -0.376 e. The Labute approximate surface area is 194 Å². The molecule has 4 aromatic heterocycles. The summed E-state index contributed by atoms with van der Waals surface area (Å²) in [5, 5.41) is 7.54. The number of hydrogen-bond donors (Lipinski definition) is 2. The maximum Gasteiger partial charge on any atom is 0.161 e. The molecule has 0 aliphatic heterocycles. The summed E-state index contributed by atoms with van der Waals surface area (Å²) in [4.78, 5) is 19.4. The van der Waals surface area contributed by atoms with E-state index in [1.165, 1.54) is 12.1 Å². The molecule has 0 spiro atoms. The Morgan fingerprint density at radius 1 is 0.824 bits per heavy atom. The van der Waals surface area contributed by atoms with Crippen LogP contribution < -0.4 is 4.90 Å². The van der Waals surface area contributed by atoms with Crippen LogP contribution in [-0.4, -0.2) is 44.2 Å². The van der Waals surface area contributed by atoms with E-state index in [0.29, 0.717) is 17.0 Å². The van der Waals surface area contributed by atoms with Gasteiger partial charge >= 0.3 is 0 Å². The number of rotatable bonds is 4. The Hall–Kier alpha value is -4.59. The van der Waals surface area contributed by atoms with Crippen LogP contribution in [0.2, 0.25) is 0 Å². The monoisotopic (exact) mass is 449 g/mol. The molecule has 2 N–H and O–H groups in total. The Kier molecular flexibility index (Phi) is 4.58. The number of fused-ring (bicyclic) bond motifs is 2. The fourth-order valence-electron chi connectivity index (χ4n) is 4.07. The largest absolute Gasteiger partial charge is 0.376 e. The Morgan fingerprint density at radius 2 is 1.71 bits per heavy atom. The fraction of sp³-hybridized carbons (Fsp3) is 0.0769. The van der Waals surface area contributed by atoms with Crippen molar-refractivity contribution < 1.29 is 4.39 Å². The highest BCUT2D eigenvalue weighted by Gasteiger charge is 2.17. The quantitative estimate of drug-likeness (QED) is 0.375. The molecule has 4 heterocycles. The molecule has 0 amide bonds. The molecule has 8 heteroatoms. The van der Waals surface area contributed by atoms with Gasteiger partial charge in [-0.25, -0.2) is 14.4 Å². The van der Waals surface area contributed by atoms with Crippen LogP contribution >= 0.6 is 0 Å². The van der Waals surface area contributed by atoms with Crippen molar-refractivity contribution in [1.82, 2.24) is 30.1 Å². The highest BCUT2D eigenvalue weighted by molar-refractivity contribution is 5.96. The van der Waals surface area contributed by atoms with Crippen molar-refractivity contribution in [2.45, 2.75) is 0 Å². The standard InChI is InChI=1S/C26H20FN7/c1-34(2)18-12-16(13-28-14-18)20-9-10-22-24(29-20)25(33-32-22)26-30-21-8-4-7-19(23(21)31-26)15-5-3-6-17(27)11-15/h3-14H,1-2H3,(H,30,31)(H,32,33). The van der Waals surface area contributed by atoms with Crippen molar-refractivity contribution in [3.63, 3.8) is 0 Å². The summed E-state index contributed by atoms with van der Waals surface area (Å²) in [5.74, 6) is 0.308. The number of anilines is 1. The number of imidazole rings is 1. The second-order valence-electron chi connectivity index (χ2n) is 8.29. The van der Waals surface area contributed by atoms with E-state index in [4.69, 9.17) is 9.97 Å². The third-order valence-electron chi connectivity index (χ3n) is 5.82. The van der Waals surface area contributed by atoms with E-state index in [0.717, 1.165) is 44.6 Å². The first-order valence-electron chi connectivity index (χ1n) is 10.8. The highest BCUT2D eigenvalue weighted by atomic mass is 19.1. The van der Waals surface area contributed by atoms with Gasteiger partial charge in [0, 0.05) is 31.4 Å². The molecule has 166 valence electrons. The molecule has 0 saturated heterocycles. The molecule has 0 saturated carbocycles. The first-order valence-corrected chi connectivity index (χ1v) is 10.8. The number of nitrogens with zero attached hydrogens (tertiary/aromatic N) is 5. The number of nitrogens with one attached hydrogen (secondary N) is 2. The summed E-state index contributed by atoms with van der Waals surface area (Å²) >= 11 is 0. The first kappa shape index (κ1) is 20.0. The Morgan fingerprint density at radius 3 is 2.56 bits per heavy atom. The number of hydrogen-bond acceptors (Lipinski definition) is 5. The lowest BCUT2D eigenvalue weighted by Gasteiger charge is -2.12. The fourth-order valence-corrected chi connectivity index (χ4v) is 4.07. The predicted molar refractivity (Wildman–Crippen MR) is 132 cm³/mol. The zero-order chi connectivity index (χ0) is 23.2. The molecule has 0 atom stereocenters. The maximum atomic E-state index is 13.8. The summed E-state index contributed by atoms with van der Waals surface area (Å²) in [7, 11) is 3.95. The lowest BCUT2D eigenvalue weighted by molar-refractivity contribution is 0.628. The summed E-state index contributed by atoms with van der Waals surface area (Å²) in [6, 6.07) is 18.3. The van der Waals surface area contributed by atoms with Crippen molar-refractivity contribution in [2.24, 2.45) is 0 Å². The van der Waals surface area contributed by atoms with E-state index in [-0.39, 0.29) is 5.82 Å². The summed E-state index contributed by atoms with van der Waals surface area (Å²) in [5.41, 5.74) is 8.04. The van der Waals surface area contributed by atoms with E-state index < -0.39 is 0 Å². The lowest BCUT2D eigenvalue weighted by atomic mass is 10.0. The van der Waals surface area contributed by atoms with Crippen molar-refractivity contribution >= 4 is 27.8 Å². The summed E-state index contributed by atoms with van der Waals surface area (Å²) in [6.07, 6.45) is 3.61. The normalized spacial score (nSPS) is 11.4. The van der Waals surface area contributed by atoms with Crippen LogP contribution in [0.25, 0.3) is 56.0 Å². The average molecular weight is 449 g/mol. The van der Waals surface area contributed by atoms with Gasteiger partial charge in [0.25, 0.3) is 0 Å². The minimum absolute atomic E-state index is 0.284. The molecule has 7 nitrogen and oxygen atoms in total. The second-order valence-corrected chi connectivity index (χ2v) is 8.29. The molecule has 0 fully saturated rings. The number of halogens is 1. The molecule has 0 unspecified atom stereocenters. The number of para-hydroxylation sites is 1. The van der Waals surface area contributed by atoms with Gasteiger partial charge in [0.05, 0.1) is 34.1 Å². The van der Waals surface area contributed by atoms with Crippen LogP contribution in [0.4, 0.5) is 10.1 Å². The van der Waals surface area contributed by atoms with E-state index >= 15 is 0 Å². The second kappa shape index (κ2) is 7.77. The van der Waals surface area contributed by atoms with Crippen molar-refractivity contribution in [3.8, 4) is 33.9 Å². The van der Waals surface area contributed by atoms with Gasteiger partial charge in [0.15, 0.2) is 11.5 Å². The molecule has 0 bridgehead atoms. The molecule has 0 radical (unpaired) electrons. The van der Waals surface area contributed by atoms with Crippen LogP contribution in [-0.2, 0) is 0 Å². The molecular weight excluding hydrogens is 429 g/mol. The number of benzene rings is 2. The topological polar surface area (TPSA) is 86.4 Å². The van der Waals surface area contributed by atoms with Crippen LogP contribution in [0.1, 0.15) is 0 Å². The van der Waals surface area contributed by atoms with Crippen LogP contribution in [0, 0.1) is 5.82 Å². The van der Waals surface area contributed by atoms with Crippen molar-refractivity contribution in [3.05, 3.63) is 78.9 Å². The molecule has 2 aromatic carbocycles. The van der Waals surface area contributed by atoms with Crippen molar-refractivity contribution in [1.29, 1.82) is 0 Å². The van der Waals surface area contributed by atoms with Crippen LogP contribution in [0.5, 0.6) is 0 Å². The smallest absolute Gasteiger partial charge is 0.161 e. The van der Waals surface area contributed by atoms with Crippen molar-refractivity contribution in [2.75, 3.05) is 19.0 Å². The van der Waals surface area contributed by atoms with Crippen LogP contribution in [0.15, 0.2) is 73.1 Å². The third kappa shape index (κ3) is 3.36. The number of H-pyrrole nitrogens is 2.